The van der Waals surface area contributed by atoms with Crippen LogP contribution in [0.4, 0.5) is 5.82 Å². The van der Waals surface area contributed by atoms with Gasteiger partial charge in [0.25, 0.3) is 0 Å². The van der Waals surface area contributed by atoms with Crippen molar-refractivity contribution in [2.75, 3.05) is 31.1 Å². The van der Waals surface area contributed by atoms with Crippen LogP contribution in [0.25, 0.3) is 11.3 Å². The fourth-order valence-corrected chi connectivity index (χ4v) is 5.88. The quantitative estimate of drug-likeness (QED) is 0.350. The molecule has 12 heteroatoms. The lowest BCUT2D eigenvalue weighted by atomic mass is 9.83. The van der Waals surface area contributed by atoms with Crippen LogP contribution in [0.3, 0.4) is 0 Å². The predicted octanol–water partition coefficient (Wildman–Crippen LogP) is 2.77. The molecule has 0 spiro atoms. The number of aromatic nitrogens is 2. The van der Waals surface area contributed by atoms with Gasteiger partial charge >= 0.3 is 0 Å². The van der Waals surface area contributed by atoms with Crippen molar-refractivity contribution in [1.29, 1.82) is 0 Å². The lowest BCUT2D eigenvalue weighted by molar-refractivity contribution is -0.135. The number of rotatable bonds is 7. The highest BCUT2D eigenvalue weighted by atomic mass is 35.5. The fraction of sp³-hybridized carbons (Fsp3) is 0.538. The number of hydrogen-bond acceptors (Lipinski definition) is 5. The van der Waals surface area contributed by atoms with E-state index in [-0.39, 0.29) is 36.3 Å². The van der Waals surface area contributed by atoms with E-state index in [0.717, 1.165) is 49.2 Å². The van der Waals surface area contributed by atoms with E-state index in [4.69, 9.17) is 34.7 Å². The Hall–Kier alpha value is -2.98. The second kappa shape index (κ2) is 12.3. The van der Waals surface area contributed by atoms with Gasteiger partial charge in [-0.1, -0.05) is 54.6 Å². The first-order chi connectivity index (χ1) is 18.2. The van der Waals surface area contributed by atoms with E-state index in [0.29, 0.717) is 29.7 Å². The van der Waals surface area contributed by atoms with Crippen molar-refractivity contribution in [2.45, 2.75) is 51.1 Å². The summed E-state index contributed by atoms with van der Waals surface area (Å²) in [6.07, 6.45) is 5.07. The van der Waals surface area contributed by atoms with Crippen LogP contribution in [0.2, 0.25) is 10.0 Å². The lowest BCUT2D eigenvalue weighted by Gasteiger charge is -2.40. The number of carbonyl (C=O) groups excluding carboxylic acids is 2. The van der Waals surface area contributed by atoms with Crippen LogP contribution < -0.4 is 21.7 Å². The van der Waals surface area contributed by atoms with E-state index in [2.05, 4.69) is 20.3 Å². The third-order valence-corrected chi connectivity index (χ3v) is 8.24. The summed E-state index contributed by atoms with van der Waals surface area (Å²) in [7, 11) is 1.88. The van der Waals surface area contributed by atoms with Crippen molar-refractivity contribution in [3.63, 3.8) is 0 Å². The molecule has 2 atom stereocenters. The summed E-state index contributed by atoms with van der Waals surface area (Å²) in [5, 5.41) is 8.37. The van der Waals surface area contributed by atoms with Crippen molar-refractivity contribution < 1.29 is 9.59 Å². The number of halogens is 2. The number of aryl methyl sites for hydroxylation is 1. The van der Waals surface area contributed by atoms with Crippen molar-refractivity contribution in [3.8, 4) is 11.3 Å². The number of piperazine rings is 1. The van der Waals surface area contributed by atoms with Gasteiger partial charge in [0.15, 0.2) is 5.96 Å². The topological polar surface area (TPSA) is 135 Å². The number of carbonyl (C=O) groups is 2. The maximum atomic E-state index is 13.1. The second-order valence-electron chi connectivity index (χ2n) is 10.1. The first kappa shape index (κ1) is 28.0. The molecule has 1 aliphatic carbocycles. The third kappa shape index (κ3) is 6.35. The van der Waals surface area contributed by atoms with E-state index < -0.39 is 6.04 Å². The van der Waals surface area contributed by atoms with Gasteiger partial charge in [-0.05, 0) is 31.7 Å². The van der Waals surface area contributed by atoms with Crippen LogP contribution in [0.15, 0.2) is 29.3 Å². The first-order valence-electron chi connectivity index (χ1n) is 13.0. The molecule has 10 nitrogen and oxygen atoms in total. The summed E-state index contributed by atoms with van der Waals surface area (Å²) in [6, 6.07) is 6.74. The molecule has 1 saturated heterocycles. The molecule has 0 bridgehead atoms. The molecule has 1 aliphatic heterocycles. The fourth-order valence-electron chi connectivity index (χ4n) is 5.48. The van der Waals surface area contributed by atoms with Crippen LogP contribution in [-0.4, -0.2) is 70.7 Å². The minimum atomic E-state index is -0.658. The van der Waals surface area contributed by atoms with Gasteiger partial charge in [0.05, 0.1) is 22.3 Å². The van der Waals surface area contributed by atoms with E-state index >= 15 is 0 Å². The number of hydrogen-bond donors (Lipinski definition) is 3. The van der Waals surface area contributed by atoms with Gasteiger partial charge in [0, 0.05) is 44.4 Å². The van der Waals surface area contributed by atoms with Crippen molar-refractivity contribution in [3.05, 3.63) is 34.3 Å². The van der Waals surface area contributed by atoms with Gasteiger partial charge in [-0.15, -0.1) is 0 Å². The average Bonchev–Trinajstić information content (AvgIpc) is 3.28. The second-order valence-corrected chi connectivity index (χ2v) is 10.9. The number of nitrogens with zero attached hydrogens (tertiary/aromatic N) is 5. The Kier molecular flexibility index (Phi) is 9.04. The van der Waals surface area contributed by atoms with Gasteiger partial charge in [-0.3, -0.25) is 14.3 Å². The Morgan fingerprint density at radius 2 is 1.92 bits per heavy atom. The molecule has 2 aliphatic rings. The maximum absolute atomic E-state index is 13.1. The molecule has 206 valence electrons. The lowest BCUT2D eigenvalue weighted by Crippen LogP contribution is -2.56. The maximum Gasteiger partial charge on any atom is 0.245 e. The van der Waals surface area contributed by atoms with Crippen molar-refractivity contribution in [1.82, 2.24) is 20.0 Å². The summed E-state index contributed by atoms with van der Waals surface area (Å²) in [4.78, 5) is 34.2. The number of nitrogens with two attached hydrogens (primary N) is 2. The Morgan fingerprint density at radius 1 is 1.18 bits per heavy atom. The minimum Gasteiger partial charge on any atom is -0.370 e. The highest BCUT2D eigenvalue weighted by Gasteiger charge is 2.32. The number of guanidine groups is 1. The van der Waals surface area contributed by atoms with Crippen LogP contribution >= 0.6 is 23.2 Å². The molecule has 1 aromatic carbocycles. The highest BCUT2D eigenvalue weighted by molar-refractivity contribution is 6.43. The van der Waals surface area contributed by atoms with Crippen molar-refractivity contribution in [2.24, 2.45) is 29.4 Å². The SMILES string of the molecule is C[C@H]1CN(c2cc(-c3cccc(Cl)c3Cl)nn2C)CCN1C(=O)CNC(=O)[C@H](N=C(N)N)C1CCCCC1. The van der Waals surface area contributed by atoms with Gasteiger partial charge < -0.3 is 26.6 Å². The number of aliphatic imine (C=N–C) groups is 1. The number of benzene rings is 1. The molecule has 0 unspecified atom stereocenters. The zero-order chi connectivity index (χ0) is 27.4. The third-order valence-electron chi connectivity index (χ3n) is 7.42. The molecule has 2 heterocycles. The Bertz CT molecular complexity index is 1190. The molecular weight excluding hydrogens is 527 g/mol. The Balaban J connectivity index is 1.36. The average molecular weight is 564 g/mol. The predicted molar refractivity (Wildman–Crippen MR) is 151 cm³/mol. The molecule has 5 N–H and O–H groups in total. The summed E-state index contributed by atoms with van der Waals surface area (Å²) in [6.45, 7) is 3.69. The molecule has 1 aromatic heterocycles. The largest absolute Gasteiger partial charge is 0.370 e. The molecule has 0 radical (unpaired) electrons. The molecule has 2 aromatic rings. The highest BCUT2D eigenvalue weighted by Crippen LogP contribution is 2.34. The summed E-state index contributed by atoms with van der Waals surface area (Å²) >= 11 is 12.6. The van der Waals surface area contributed by atoms with Gasteiger partial charge in [-0.25, -0.2) is 4.99 Å². The smallest absolute Gasteiger partial charge is 0.245 e. The number of anilines is 1. The minimum absolute atomic E-state index is 0.0619. The summed E-state index contributed by atoms with van der Waals surface area (Å²) in [5.41, 5.74) is 12.7. The first-order valence-corrected chi connectivity index (χ1v) is 13.8. The van der Waals surface area contributed by atoms with Crippen LogP contribution in [0, 0.1) is 5.92 Å². The Labute approximate surface area is 233 Å². The number of amides is 2. The van der Waals surface area contributed by atoms with Crippen molar-refractivity contribution >= 4 is 46.8 Å². The standard InChI is InChI=1S/C26H36Cl2N8O2/c1-16-15-35(21-13-20(33-34(21)2)18-9-6-10-19(27)23(18)28)11-12-36(16)22(37)14-31-25(38)24(32-26(29)30)17-7-4-3-5-8-17/h6,9-10,13,16-17,24H,3-5,7-8,11-12,14-15H2,1-2H3,(H,31,38)(H4,29,30,32)/t16-,24+/m0/s1. The monoisotopic (exact) mass is 562 g/mol. The molecule has 2 fully saturated rings. The van der Waals surface area contributed by atoms with Gasteiger partial charge in [0.2, 0.25) is 11.8 Å². The van der Waals surface area contributed by atoms with E-state index in [1.54, 1.807) is 11.0 Å². The molecular formula is C26H36Cl2N8O2. The van der Waals surface area contributed by atoms with Gasteiger partial charge in [-0.2, -0.15) is 5.10 Å². The van der Waals surface area contributed by atoms with Crippen LogP contribution in [0.5, 0.6) is 0 Å². The molecule has 2 amide bonds. The van der Waals surface area contributed by atoms with E-state index in [1.165, 1.54) is 0 Å². The van der Waals surface area contributed by atoms with Gasteiger partial charge in [0.1, 0.15) is 11.9 Å². The zero-order valence-electron chi connectivity index (χ0n) is 21.9. The zero-order valence-corrected chi connectivity index (χ0v) is 23.4. The molecule has 4 rings (SSSR count). The Morgan fingerprint density at radius 3 is 2.61 bits per heavy atom. The normalized spacial score (nSPS) is 19.2. The number of nitrogens with one attached hydrogen (secondary N) is 1. The summed E-state index contributed by atoms with van der Waals surface area (Å²) in [5.74, 6) is 0.480. The van der Waals surface area contributed by atoms with E-state index in [9.17, 15) is 9.59 Å². The van der Waals surface area contributed by atoms with Crippen LogP contribution in [-0.2, 0) is 16.6 Å². The molecule has 38 heavy (non-hydrogen) atoms. The van der Waals surface area contributed by atoms with Crippen LogP contribution in [0.1, 0.15) is 39.0 Å². The van der Waals surface area contributed by atoms with E-state index in [1.807, 2.05) is 36.9 Å². The molecule has 1 saturated carbocycles. The summed E-state index contributed by atoms with van der Waals surface area (Å²) < 4.78 is 1.81.